The van der Waals surface area contributed by atoms with Crippen molar-refractivity contribution in [2.24, 2.45) is 0 Å². The van der Waals surface area contributed by atoms with Crippen molar-refractivity contribution in [2.45, 2.75) is 13.8 Å². The standard InChI is InChI=1S/C16H13ClF2N2O5/c1-6-4-9(18)10(12(19)14(6)25-3)8-5-20-15(26-16(23)24)11(17)13(8)21-7(2)22/h4-5H,1-3H3,(H,23,24)(H,20,21,22). The first kappa shape index (κ1) is 19.4. The summed E-state index contributed by atoms with van der Waals surface area (Å²) in [5.74, 6) is -3.33. The number of nitrogens with zero attached hydrogens (tertiary/aromatic N) is 1. The number of anilines is 1. The zero-order valence-corrected chi connectivity index (χ0v) is 14.6. The lowest BCUT2D eigenvalue weighted by molar-refractivity contribution is -0.114. The quantitative estimate of drug-likeness (QED) is 0.770. The molecule has 0 bridgehead atoms. The zero-order chi connectivity index (χ0) is 19.6. The van der Waals surface area contributed by atoms with Gasteiger partial charge in [-0.15, -0.1) is 0 Å². The van der Waals surface area contributed by atoms with Gasteiger partial charge in [0.25, 0.3) is 0 Å². The van der Waals surface area contributed by atoms with E-state index < -0.39 is 40.2 Å². The average molecular weight is 387 g/mol. The summed E-state index contributed by atoms with van der Waals surface area (Å²) in [7, 11) is 1.22. The van der Waals surface area contributed by atoms with Crippen LogP contribution in [0, 0.1) is 18.6 Å². The van der Waals surface area contributed by atoms with Gasteiger partial charge in [0.1, 0.15) is 10.8 Å². The summed E-state index contributed by atoms with van der Waals surface area (Å²) in [6.45, 7) is 2.60. The third kappa shape index (κ3) is 3.67. The van der Waals surface area contributed by atoms with Crippen LogP contribution >= 0.6 is 11.6 Å². The second-order valence-electron chi connectivity index (χ2n) is 5.11. The summed E-state index contributed by atoms with van der Waals surface area (Å²) in [6.07, 6.45) is -0.763. The highest BCUT2D eigenvalue weighted by molar-refractivity contribution is 6.35. The fourth-order valence-electron chi connectivity index (χ4n) is 2.33. The van der Waals surface area contributed by atoms with Crippen LogP contribution in [0.2, 0.25) is 5.02 Å². The van der Waals surface area contributed by atoms with Crippen LogP contribution in [0.25, 0.3) is 11.1 Å². The minimum atomic E-state index is -1.70. The molecular weight excluding hydrogens is 374 g/mol. The van der Waals surface area contributed by atoms with E-state index in [1.807, 2.05) is 0 Å². The number of methoxy groups -OCH3 is 1. The van der Waals surface area contributed by atoms with Gasteiger partial charge >= 0.3 is 6.16 Å². The van der Waals surface area contributed by atoms with Crippen LogP contribution in [0.4, 0.5) is 19.3 Å². The third-order valence-corrected chi connectivity index (χ3v) is 3.66. The molecule has 10 heteroatoms. The summed E-state index contributed by atoms with van der Waals surface area (Å²) in [5, 5.41) is 10.6. The Bertz CT molecular complexity index is 905. The molecule has 26 heavy (non-hydrogen) atoms. The van der Waals surface area contributed by atoms with E-state index in [2.05, 4.69) is 15.0 Å². The molecule has 138 valence electrons. The highest BCUT2D eigenvalue weighted by atomic mass is 35.5. The molecule has 0 aliphatic carbocycles. The number of carbonyl (C=O) groups excluding carboxylic acids is 1. The van der Waals surface area contributed by atoms with Crippen molar-refractivity contribution in [3.63, 3.8) is 0 Å². The van der Waals surface area contributed by atoms with E-state index in [0.717, 1.165) is 19.2 Å². The minimum Gasteiger partial charge on any atom is -0.493 e. The number of nitrogens with one attached hydrogen (secondary N) is 1. The van der Waals surface area contributed by atoms with Crippen molar-refractivity contribution in [1.29, 1.82) is 0 Å². The van der Waals surface area contributed by atoms with Crippen LogP contribution in [0.15, 0.2) is 12.3 Å². The Morgan fingerprint density at radius 3 is 2.54 bits per heavy atom. The third-order valence-electron chi connectivity index (χ3n) is 3.31. The molecule has 1 aromatic carbocycles. The van der Waals surface area contributed by atoms with Crippen molar-refractivity contribution in [3.8, 4) is 22.8 Å². The Balaban J connectivity index is 2.80. The van der Waals surface area contributed by atoms with Crippen LogP contribution in [0.5, 0.6) is 11.6 Å². The zero-order valence-electron chi connectivity index (χ0n) is 13.8. The molecule has 0 aliphatic heterocycles. The second kappa shape index (κ2) is 7.52. The number of hydrogen-bond donors (Lipinski definition) is 2. The molecule has 2 N–H and O–H groups in total. The SMILES string of the molecule is COc1c(C)cc(F)c(-c2cnc(OC(=O)O)c(Cl)c2NC(C)=O)c1F. The number of rotatable bonds is 4. The number of halogens is 3. The van der Waals surface area contributed by atoms with Gasteiger partial charge in [0.2, 0.25) is 11.8 Å². The summed E-state index contributed by atoms with van der Waals surface area (Å²) < 4.78 is 38.6. The lowest BCUT2D eigenvalue weighted by Gasteiger charge is -2.16. The van der Waals surface area contributed by atoms with Crippen molar-refractivity contribution in [3.05, 3.63) is 34.5 Å². The van der Waals surface area contributed by atoms with Crippen LogP contribution in [-0.2, 0) is 4.79 Å². The van der Waals surface area contributed by atoms with E-state index in [4.69, 9.17) is 21.4 Å². The van der Waals surface area contributed by atoms with Gasteiger partial charge in [-0.3, -0.25) is 4.79 Å². The molecule has 0 radical (unpaired) electrons. The van der Waals surface area contributed by atoms with E-state index in [1.54, 1.807) is 0 Å². The molecule has 0 unspecified atom stereocenters. The average Bonchev–Trinajstić information content (AvgIpc) is 2.52. The molecule has 2 rings (SSSR count). The predicted octanol–water partition coefficient (Wildman–Crippen LogP) is 4.01. The Hall–Kier alpha value is -2.94. The first-order valence-corrected chi connectivity index (χ1v) is 7.45. The van der Waals surface area contributed by atoms with Crippen LogP contribution in [0.3, 0.4) is 0 Å². The Kier molecular flexibility index (Phi) is 5.61. The number of aryl methyl sites for hydroxylation is 1. The number of aromatic nitrogens is 1. The largest absolute Gasteiger partial charge is 0.512 e. The number of pyridine rings is 1. The smallest absolute Gasteiger partial charge is 0.493 e. The Morgan fingerprint density at radius 2 is 2.00 bits per heavy atom. The minimum absolute atomic E-state index is 0.197. The van der Waals surface area contributed by atoms with Crippen molar-refractivity contribution in [2.75, 3.05) is 12.4 Å². The molecule has 0 fully saturated rings. The van der Waals surface area contributed by atoms with Gasteiger partial charge in [0.05, 0.1) is 18.4 Å². The lowest BCUT2D eigenvalue weighted by atomic mass is 10.0. The van der Waals surface area contributed by atoms with Crippen molar-refractivity contribution >= 4 is 29.4 Å². The van der Waals surface area contributed by atoms with Gasteiger partial charge < -0.3 is 19.9 Å². The first-order chi connectivity index (χ1) is 12.2. The van der Waals surface area contributed by atoms with Crippen molar-refractivity contribution in [1.82, 2.24) is 4.98 Å². The monoisotopic (exact) mass is 386 g/mol. The first-order valence-electron chi connectivity index (χ1n) is 7.07. The molecule has 1 aromatic heterocycles. The molecular formula is C16H13ClF2N2O5. The molecule has 0 aliphatic rings. The van der Waals surface area contributed by atoms with E-state index in [-0.39, 0.29) is 22.6 Å². The topological polar surface area (TPSA) is 97.8 Å². The molecule has 0 atom stereocenters. The molecule has 0 spiro atoms. The summed E-state index contributed by atoms with van der Waals surface area (Å²) in [5.41, 5.74) is -0.796. The van der Waals surface area contributed by atoms with Gasteiger partial charge in [-0.2, -0.15) is 0 Å². The maximum Gasteiger partial charge on any atom is 0.512 e. The van der Waals surface area contributed by atoms with E-state index in [9.17, 15) is 18.4 Å². The van der Waals surface area contributed by atoms with Gasteiger partial charge in [0, 0.05) is 18.7 Å². The molecule has 2 aromatic rings. The Morgan fingerprint density at radius 1 is 1.35 bits per heavy atom. The molecule has 0 saturated heterocycles. The van der Waals surface area contributed by atoms with Crippen molar-refractivity contribution < 1.29 is 33.0 Å². The maximum absolute atomic E-state index is 14.8. The predicted molar refractivity (Wildman–Crippen MR) is 88.8 cm³/mol. The fourth-order valence-corrected chi connectivity index (χ4v) is 2.56. The number of carboxylic acid groups (broad SMARTS) is 1. The fraction of sp³-hybridized carbons (Fsp3) is 0.188. The number of benzene rings is 1. The summed E-state index contributed by atoms with van der Waals surface area (Å²) in [6, 6.07) is 1.05. The normalized spacial score (nSPS) is 10.4. The van der Waals surface area contributed by atoms with E-state index in [0.29, 0.717) is 0 Å². The number of hydrogen-bond acceptors (Lipinski definition) is 5. The second-order valence-corrected chi connectivity index (χ2v) is 5.49. The van der Waals surface area contributed by atoms with Crippen LogP contribution < -0.4 is 14.8 Å². The van der Waals surface area contributed by atoms with Crippen LogP contribution in [0.1, 0.15) is 12.5 Å². The Labute approximate surface area is 151 Å². The lowest BCUT2D eigenvalue weighted by Crippen LogP contribution is -2.11. The van der Waals surface area contributed by atoms with Gasteiger partial charge in [-0.1, -0.05) is 11.6 Å². The van der Waals surface area contributed by atoms with Gasteiger partial charge in [0.15, 0.2) is 11.6 Å². The van der Waals surface area contributed by atoms with Gasteiger partial charge in [-0.05, 0) is 18.6 Å². The van der Waals surface area contributed by atoms with E-state index in [1.165, 1.54) is 14.0 Å². The summed E-state index contributed by atoms with van der Waals surface area (Å²) >= 11 is 6.02. The molecule has 1 heterocycles. The highest BCUT2D eigenvalue weighted by Gasteiger charge is 2.25. The molecule has 7 nitrogen and oxygen atoms in total. The van der Waals surface area contributed by atoms with Gasteiger partial charge in [-0.25, -0.2) is 18.6 Å². The number of amides is 1. The van der Waals surface area contributed by atoms with E-state index >= 15 is 0 Å². The number of carbonyl (C=O) groups is 2. The molecule has 1 amide bonds. The number of ether oxygens (including phenoxy) is 2. The summed E-state index contributed by atoms with van der Waals surface area (Å²) in [4.78, 5) is 25.8. The van der Waals surface area contributed by atoms with Crippen LogP contribution in [-0.4, -0.2) is 29.3 Å². The maximum atomic E-state index is 14.8. The molecule has 0 saturated carbocycles. The highest BCUT2D eigenvalue weighted by Crippen LogP contribution is 2.42.